The smallest absolute Gasteiger partial charge is 0.243 e. The van der Waals surface area contributed by atoms with Gasteiger partial charge >= 0.3 is 0 Å². The predicted octanol–water partition coefficient (Wildman–Crippen LogP) is 1.34. The van der Waals surface area contributed by atoms with Gasteiger partial charge in [0.1, 0.15) is 0 Å². The van der Waals surface area contributed by atoms with E-state index in [1.165, 1.54) is 4.31 Å². The number of aryl methyl sites for hydroxylation is 1. The maximum atomic E-state index is 12.7. The van der Waals surface area contributed by atoms with Gasteiger partial charge in [0.15, 0.2) is 0 Å². The zero-order chi connectivity index (χ0) is 17.3. The molecule has 2 fully saturated rings. The quantitative estimate of drug-likeness (QED) is 0.787. The van der Waals surface area contributed by atoms with Crippen LogP contribution >= 0.6 is 15.9 Å². The fourth-order valence-electron chi connectivity index (χ4n) is 2.76. The Morgan fingerprint density at radius 1 is 1.25 bits per heavy atom. The van der Waals surface area contributed by atoms with Crippen LogP contribution in [0.4, 0.5) is 0 Å². The second-order valence-electron chi connectivity index (χ2n) is 6.43. The van der Waals surface area contributed by atoms with E-state index in [1.807, 2.05) is 11.8 Å². The summed E-state index contributed by atoms with van der Waals surface area (Å²) >= 11 is 3.39. The van der Waals surface area contributed by atoms with E-state index in [2.05, 4.69) is 21.2 Å². The first kappa shape index (κ1) is 17.8. The Labute approximate surface area is 151 Å². The molecule has 24 heavy (non-hydrogen) atoms. The van der Waals surface area contributed by atoms with Gasteiger partial charge in [0.05, 0.1) is 11.4 Å². The molecule has 1 amide bonds. The molecule has 8 heteroatoms. The van der Waals surface area contributed by atoms with Gasteiger partial charge in [0, 0.05) is 36.7 Å². The lowest BCUT2D eigenvalue weighted by Crippen LogP contribution is -2.51. The monoisotopic (exact) mass is 415 g/mol. The fourth-order valence-corrected chi connectivity index (χ4v) is 4.51. The second kappa shape index (κ2) is 7.11. The number of carbonyl (C=O) groups excluding carboxylic acids is 1. The Morgan fingerprint density at radius 2 is 1.92 bits per heavy atom. The number of halogens is 1. The van der Waals surface area contributed by atoms with Crippen molar-refractivity contribution in [3.63, 3.8) is 0 Å². The molecule has 0 bridgehead atoms. The first-order valence-corrected chi connectivity index (χ1v) is 10.4. The number of rotatable bonds is 5. The second-order valence-corrected chi connectivity index (χ2v) is 9.23. The molecule has 6 nitrogen and oxygen atoms in total. The van der Waals surface area contributed by atoms with Crippen LogP contribution < -0.4 is 5.32 Å². The third-order valence-corrected chi connectivity index (χ3v) is 7.19. The molecule has 1 aliphatic carbocycles. The molecule has 2 aliphatic rings. The van der Waals surface area contributed by atoms with Crippen LogP contribution in [0.1, 0.15) is 18.4 Å². The SMILES string of the molecule is Cc1cc(S(=O)(=O)N2CCN(CC(=O)NC3CC3)CC2)ccc1Br. The highest BCUT2D eigenvalue weighted by molar-refractivity contribution is 9.10. The van der Waals surface area contributed by atoms with Crippen LogP contribution in [-0.2, 0) is 14.8 Å². The largest absolute Gasteiger partial charge is 0.352 e. The van der Waals surface area contributed by atoms with E-state index in [-0.39, 0.29) is 5.91 Å². The highest BCUT2D eigenvalue weighted by Gasteiger charge is 2.30. The van der Waals surface area contributed by atoms with Gasteiger partial charge in [-0.2, -0.15) is 4.31 Å². The molecule has 1 heterocycles. The van der Waals surface area contributed by atoms with Crippen LogP contribution in [0.25, 0.3) is 0 Å². The molecule has 1 aromatic rings. The summed E-state index contributed by atoms with van der Waals surface area (Å²) in [4.78, 5) is 14.2. The molecule has 0 unspecified atom stereocenters. The summed E-state index contributed by atoms with van der Waals surface area (Å²) in [5.74, 6) is 0.0392. The maximum absolute atomic E-state index is 12.7. The lowest BCUT2D eigenvalue weighted by atomic mass is 10.2. The lowest BCUT2D eigenvalue weighted by Gasteiger charge is -2.33. The molecular weight excluding hydrogens is 394 g/mol. The zero-order valence-corrected chi connectivity index (χ0v) is 16.1. The first-order valence-electron chi connectivity index (χ1n) is 8.14. The third-order valence-electron chi connectivity index (χ3n) is 4.41. The van der Waals surface area contributed by atoms with Crippen LogP contribution in [0.5, 0.6) is 0 Å². The normalized spacial score (nSPS) is 20.1. The fraction of sp³-hybridized carbons (Fsp3) is 0.562. The van der Waals surface area contributed by atoms with Gasteiger partial charge in [0.2, 0.25) is 15.9 Å². The van der Waals surface area contributed by atoms with Crippen molar-refractivity contribution in [2.24, 2.45) is 0 Å². The molecule has 0 spiro atoms. The highest BCUT2D eigenvalue weighted by atomic mass is 79.9. The Balaban J connectivity index is 1.58. The number of benzene rings is 1. The summed E-state index contributed by atoms with van der Waals surface area (Å²) in [6.07, 6.45) is 2.15. The molecule has 0 aromatic heterocycles. The van der Waals surface area contributed by atoms with Crippen LogP contribution in [0.3, 0.4) is 0 Å². The first-order chi connectivity index (χ1) is 11.4. The molecule has 1 N–H and O–H groups in total. The van der Waals surface area contributed by atoms with Crippen LogP contribution in [0, 0.1) is 6.92 Å². The summed E-state index contributed by atoms with van der Waals surface area (Å²) in [6.45, 7) is 4.20. The number of sulfonamides is 1. The minimum absolute atomic E-state index is 0.0392. The molecule has 1 saturated carbocycles. The number of nitrogens with zero attached hydrogens (tertiary/aromatic N) is 2. The number of hydrogen-bond acceptors (Lipinski definition) is 4. The van der Waals surface area contributed by atoms with Crippen LogP contribution in [-0.4, -0.2) is 62.3 Å². The van der Waals surface area contributed by atoms with Gasteiger partial charge in [-0.1, -0.05) is 15.9 Å². The molecule has 3 rings (SSSR count). The van der Waals surface area contributed by atoms with E-state index in [0.29, 0.717) is 43.7 Å². The predicted molar refractivity (Wildman–Crippen MR) is 95.2 cm³/mol. The summed E-state index contributed by atoms with van der Waals surface area (Å²) in [5, 5.41) is 2.96. The van der Waals surface area contributed by atoms with Crippen molar-refractivity contribution < 1.29 is 13.2 Å². The molecular formula is C16H22BrN3O3S. The number of nitrogens with one attached hydrogen (secondary N) is 1. The van der Waals surface area contributed by atoms with Crippen molar-refractivity contribution in [2.45, 2.75) is 30.7 Å². The molecule has 1 saturated heterocycles. The third kappa shape index (κ3) is 4.17. The van der Waals surface area contributed by atoms with Crippen LogP contribution in [0.2, 0.25) is 0 Å². The van der Waals surface area contributed by atoms with Gasteiger partial charge in [-0.3, -0.25) is 9.69 Å². The number of carbonyl (C=O) groups is 1. The highest BCUT2D eigenvalue weighted by Crippen LogP contribution is 2.23. The van der Waals surface area contributed by atoms with Crippen molar-refractivity contribution in [3.8, 4) is 0 Å². The maximum Gasteiger partial charge on any atom is 0.243 e. The van der Waals surface area contributed by atoms with E-state index in [4.69, 9.17) is 0 Å². The van der Waals surface area contributed by atoms with Gasteiger partial charge in [-0.15, -0.1) is 0 Å². The van der Waals surface area contributed by atoms with Gasteiger partial charge < -0.3 is 5.32 Å². The van der Waals surface area contributed by atoms with Gasteiger partial charge in [0.25, 0.3) is 0 Å². The summed E-state index contributed by atoms with van der Waals surface area (Å²) in [5.41, 5.74) is 0.895. The number of amides is 1. The van der Waals surface area contributed by atoms with E-state index in [1.54, 1.807) is 18.2 Å². The topological polar surface area (TPSA) is 69.7 Å². The average Bonchev–Trinajstić information content (AvgIpc) is 3.34. The standard InChI is InChI=1S/C16H22BrN3O3S/c1-12-10-14(4-5-15(12)17)24(22,23)20-8-6-19(7-9-20)11-16(21)18-13-2-3-13/h4-5,10,13H,2-3,6-9,11H2,1H3,(H,18,21). The molecule has 0 atom stereocenters. The minimum Gasteiger partial charge on any atom is -0.352 e. The number of hydrogen-bond donors (Lipinski definition) is 1. The van der Waals surface area contributed by atoms with Gasteiger partial charge in [-0.05, 0) is 43.5 Å². The summed E-state index contributed by atoms with van der Waals surface area (Å²) in [6, 6.07) is 5.44. The van der Waals surface area contributed by atoms with Crippen molar-refractivity contribution >= 4 is 31.9 Å². The van der Waals surface area contributed by atoms with E-state index in [9.17, 15) is 13.2 Å². The van der Waals surface area contributed by atoms with Crippen LogP contribution in [0.15, 0.2) is 27.6 Å². The summed E-state index contributed by atoms with van der Waals surface area (Å²) in [7, 11) is -3.48. The summed E-state index contributed by atoms with van der Waals surface area (Å²) < 4.78 is 27.9. The van der Waals surface area contributed by atoms with Gasteiger partial charge in [-0.25, -0.2) is 8.42 Å². The van der Waals surface area contributed by atoms with Crippen molar-refractivity contribution in [1.29, 1.82) is 0 Å². The minimum atomic E-state index is -3.48. The average molecular weight is 416 g/mol. The molecule has 0 radical (unpaired) electrons. The Bertz CT molecular complexity index is 726. The van der Waals surface area contributed by atoms with E-state index in [0.717, 1.165) is 22.9 Å². The molecule has 1 aliphatic heterocycles. The van der Waals surface area contributed by atoms with E-state index < -0.39 is 10.0 Å². The Hall–Kier alpha value is -0.960. The van der Waals surface area contributed by atoms with Crippen molar-refractivity contribution in [2.75, 3.05) is 32.7 Å². The van der Waals surface area contributed by atoms with Crippen molar-refractivity contribution in [1.82, 2.24) is 14.5 Å². The van der Waals surface area contributed by atoms with E-state index >= 15 is 0 Å². The zero-order valence-electron chi connectivity index (χ0n) is 13.7. The van der Waals surface area contributed by atoms with Crippen molar-refractivity contribution in [3.05, 3.63) is 28.2 Å². The Kier molecular flexibility index (Phi) is 5.29. The molecule has 132 valence electrons. The Morgan fingerprint density at radius 3 is 2.50 bits per heavy atom. The molecule has 1 aromatic carbocycles. The lowest BCUT2D eigenvalue weighted by molar-refractivity contribution is -0.122. The number of piperazine rings is 1.